The van der Waals surface area contributed by atoms with Crippen LogP contribution in [0.1, 0.15) is 6.42 Å². The van der Waals surface area contributed by atoms with Gasteiger partial charge in [0, 0.05) is 13.1 Å². The number of sulfone groups is 1. The number of aliphatic carboxylic acids is 1. The minimum atomic E-state index is -4.92. The highest BCUT2D eigenvalue weighted by Gasteiger charge is 2.64. The number of rotatable bonds is 2. The smallest absolute Gasteiger partial charge is 0.406 e. The van der Waals surface area contributed by atoms with E-state index in [9.17, 15) is 31.5 Å². The zero-order valence-corrected chi connectivity index (χ0v) is 11.1. The second-order valence-electron chi connectivity index (χ2n) is 5.32. The molecule has 0 aromatic rings. The maximum atomic E-state index is 13.0. The van der Waals surface area contributed by atoms with Gasteiger partial charge in [-0.05, 0) is 6.42 Å². The van der Waals surface area contributed by atoms with Crippen LogP contribution in [0.15, 0.2) is 0 Å². The highest BCUT2D eigenvalue weighted by molar-refractivity contribution is 7.91. The van der Waals surface area contributed by atoms with E-state index in [-0.39, 0.29) is 6.54 Å². The summed E-state index contributed by atoms with van der Waals surface area (Å²) in [7, 11) is -3.50. The van der Waals surface area contributed by atoms with Crippen LogP contribution in [0, 0.1) is 5.41 Å². The topological polar surface area (TPSA) is 94.9 Å². The molecule has 0 amide bonds. The first-order chi connectivity index (χ1) is 8.98. The zero-order valence-electron chi connectivity index (χ0n) is 10.3. The molecule has 3 unspecified atom stereocenters. The van der Waals surface area contributed by atoms with Crippen LogP contribution in [0.4, 0.5) is 13.2 Å². The second kappa shape index (κ2) is 4.57. The summed E-state index contributed by atoms with van der Waals surface area (Å²) in [6.07, 6.45) is -6.84. The van der Waals surface area contributed by atoms with Gasteiger partial charge in [-0.3, -0.25) is 9.69 Å². The minimum absolute atomic E-state index is 0.205. The van der Waals surface area contributed by atoms with E-state index in [4.69, 9.17) is 5.11 Å². The Hall–Kier alpha value is -0.870. The fourth-order valence-corrected chi connectivity index (χ4v) is 4.64. The lowest BCUT2D eigenvalue weighted by Gasteiger charge is -2.30. The Morgan fingerprint density at radius 3 is 2.25 bits per heavy atom. The molecule has 0 radical (unpaired) electrons. The van der Waals surface area contributed by atoms with Gasteiger partial charge in [0.15, 0.2) is 15.3 Å². The molecule has 2 rings (SSSR count). The molecular weight excluding hydrogens is 303 g/mol. The van der Waals surface area contributed by atoms with E-state index in [0.717, 1.165) is 4.90 Å². The third kappa shape index (κ3) is 2.40. The zero-order chi connectivity index (χ0) is 15.3. The van der Waals surface area contributed by atoms with E-state index in [1.807, 2.05) is 0 Å². The summed E-state index contributed by atoms with van der Waals surface area (Å²) < 4.78 is 61.7. The maximum Gasteiger partial charge on any atom is 0.406 e. The predicted octanol–water partition coefficient (Wildman–Crippen LogP) is -0.517. The number of nitrogens with zero attached hydrogens (tertiary/aromatic N) is 1. The molecule has 2 N–H and O–H groups in total. The molecular formula is C10H14F3NO5S. The molecule has 0 bridgehead atoms. The first kappa shape index (κ1) is 15.5. The largest absolute Gasteiger partial charge is 0.481 e. The van der Waals surface area contributed by atoms with Gasteiger partial charge in [-0.2, -0.15) is 13.2 Å². The van der Waals surface area contributed by atoms with Crippen molar-refractivity contribution in [3.8, 4) is 0 Å². The van der Waals surface area contributed by atoms with Gasteiger partial charge >= 0.3 is 12.1 Å². The Labute approximate surface area is 113 Å². The van der Waals surface area contributed by atoms with Gasteiger partial charge in [0.25, 0.3) is 0 Å². The van der Waals surface area contributed by atoms with Crippen molar-refractivity contribution in [1.82, 2.24) is 4.90 Å². The summed E-state index contributed by atoms with van der Waals surface area (Å²) in [5.74, 6) is -2.91. The first-order valence-electron chi connectivity index (χ1n) is 5.91. The van der Waals surface area contributed by atoms with E-state index in [1.54, 1.807) is 0 Å². The Morgan fingerprint density at radius 2 is 1.90 bits per heavy atom. The molecule has 0 spiro atoms. The van der Waals surface area contributed by atoms with Crippen molar-refractivity contribution in [3.63, 3.8) is 0 Å². The molecule has 2 saturated heterocycles. The number of hydrogen-bond acceptors (Lipinski definition) is 5. The number of carbonyl (C=O) groups is 1. The van der Waals surface area contributed by atoms with Gasteiger partial charge in [-0.25, -0.2) is 8.42 Å². The van der Waals surface area contributed by atoms with Gasteiger partial charge in [-0.15, -0.1) is 0 Å². The summed E-state index contributed by atoms with van der Waals surface area (Å²) in [5, 5.41) is 18.5. The van der Waals surface area contributed by atoms with Crippen LogP contribution in [0.3, 0.4) is 0 Å². The molecule has 3 atom stereocenters. The fraction of sp³-hybridized carbons (Fsp3) is 0.900. The van der Waals surface area contributed by atoms with E-state index in [2.05, 4.69) is 0 Å². The molecule has 0 aromatic heterocycles. The second-order valence-corrected chi connectivity index (χ2v) is 7.47. The van der Waals surface area contributed by atoms with Gasteiger partial charge in [0.1, 0.15) is 0 Å². The lowest BCUT2D eigenvalue weighted by molar-refractivity contribution is -0.228. The van der Waals surface area contributed by atoms with Crippen molar-refractivity contribution in [3.05, 3.63) is 0 Å². The molecule has 2 aliphatic heterocycles. The van der Waals surface area contributed by atoms with Crippen LogP contribution in [-0.2, 0) is 14.6 Å². The molecule has 2 heterocycles. The van der Waals surface area contributed by atoms with E-state index in [1.165, 1.54) is 0 Å². The summed E-state index contributed by atoms with van der Waals surface area (Å²) >= 11 is 0. The van der Waals surface area contributed by atoms with Crippen LogP contribution in [0.2, 0.25) is 0 Å². The number of carboxylic acid groups (broad SMARTS) is 1. The summed E-state index contributed by atoms with van der Waals surface area (Å²) in [4.78, 5) is 12.1. The summed E-state index contributed by atoms with van der Waals surface area (Å²) in [6, 6.07) is -0.969. The number of carboxylic acids is 1. The molecule has 20 heavy (non-hydrogen) atoms. The Morgan fingerprint density at radius 1 is 1.30 bits per heavy atom. The van der Waals surface area contributed by atoms with Crippen LogP contribution in [0.25, 0.3) is 0 Å². The quantitative estimate of drug-likeness (QED) is 0.712. The molecule has 0 aromatic carbocycles. The van der Waals surface area contributed by atoms with Crippen LogP contribution in [0.5, 0.6) is 0 Å². The number of aliphatic hydroxyl groups is 1. The summed E-state index contributed by atoms with van der Waals surface area (Å²) in [5.41, 5.74) is -2.89. The minimum Gasteiger partial charge on any atom is -0.481 e. The summed E-state index contributed by atoms with van der Waals surface area (Å²) in [6.45, 7) is -1.04. The van der Waals surface area contributed by atoms with Gasteiger partial charge < -0.3 is 10.2 Å². The molecule has 0 aliphatic carbocycles. The third-order valence-electron chi connectivity index (χ3n) is 4.01. The average Bonchev–Trinajstić information content (AvgIpc) is 2.79. The number of aliphatic hydroxyl groups excluding tert-OH is 1. The molecule has 116 valence electrons. The lowest BCUT2D eigenvalue weighted by atomic mass is 9.86. The highest BCUT2D eigenvalue weighted by Crippen LogP contribution is 2.46. The Kier molecular flexibility index (Phi) is 3.54. The standard InChI is InChI=1S/C10H14F3NO5S/c11-10(12,13)9(8(16)17)1-2-14(5-9)6-3-20(18,19)4-7(6)15/h6-7,15H,1-5H2,(H,16,17). The molecule has 10 heteroatoms. The van der Waals surface area contributed by atoms with Crippen molar-refractivity contribution >= 4 is 15.8 Å². The molecule has 6 nitrogen and oxygen atoms in total. The van der Waals surface area contributed by atoms with Crippen molar-refractivity contribution in [2.24, 2.45) is 5.41 Å². The SMILES string of the molecule is O=C(O)C1(C(F)(F)F)CCN(C2CS(=O)(=O)CC2O)C1. The van der Waals surface area contributed by atoms with Crippen molar-refractivity contribution < 1.29 is 36.6 Å². The third-order valence-corrected chi connectivity index (χ3v) is 5.71. The molecule has 0 saturated carbocycles. The van der Waals surface area contributed by atoms with Gasteiger partial charge in [-0.1, -0.05) is 0 Å². The van der Waals surface area contributed by atoms with Crippen molar-refractivity contribution in [2.75, 3.05) is 24.6 Å². The van der Waals surface area contributed by atoms with E-state index >= 15 is 0 Å². The number of halogens is 3. The number of hydrogen-bond donors (Lipinski definition) is 2. The number of alkyl halides is 3. The van der Waals surface area contributed by atoms with E-state index < -0.39 is 64.0 Å². The van der Waals surface area contributed by atoms with Crippen LogP contribution < -0.4 is 0 Å². The number of likely N-dealkylation sites (tertiary alicyclic amines) is 1. The van der Waals surface area contributed by atoms with E-state index in [0.29, 0.717) is 0 Å². The average molecular weight is 317 g/mol. The van der Waals surface area contributed by atoms with Crippen molar-refractivity contribution in [1.29, 1.82) is 0 Å². The molecule has 2 aliphatic rings. The first-order valence-corrected chi connectivity index (χ1v) is 7.73. The highest BCUT2D eigenvalue weighted by atomic mass is 32.2. The predicted molar refractivity (Wildman–Crippen MR) is 60.8 cm³/mol. The van der Waals surface area contributed by atoms with Crippen LogP contribution >= 0.6 is 0 Å². The lowest BCUT2D eigenvalue weighted by Crippen LogP contribution is -2.50. The maximum absolute atomic E-state index is 13.0. The fourth-order valence-electron chi connectivity index (χ4n) is 2.81. The van der Waals surface area contributed by atoms with Crippen LogP contribution in [-0.4, -0.2) is 72.4 Å². The Bertz CT molecular complexity index is 519. The molecule has 2 fully saturated rings. The van der Waals surface area contributed by atoms with Gasteiger partial charge in [0.05, 0.1) is 23.7 Å². The van der Waals surface area contributed by atoms with Gasteiger partial charge in [0.2, 0.25) is 0 Å². The normalized spacial score (nSPS) is 38.2. The Balaban J connectivity index is 2.22. The van der Waals surface area contributed by atoms with Crippen molar-refractivity contribution in [2.45, 2.75) is 24.7 Å². The monoisotopic (exact) mass is 317 g/mol.